The molecule has 0 spiro atoms. The van der Waals surface area contributed by atoms with Crippen LogP contribution in [0.4, 0.5) is 15.9 Å². The number of nitrogens with one attached hydrogen (secondary N) is 2. The molecule has 1 unspecified atom stereocenters. The molecule has 1 amide bonds. The summed E-state index contributed by atoms with van der Waals surface area (Å²) in [6.45, 7) is 0. The first-order chi connectivity index (χ1) is 11.5. The van der Waals surface area contributed by atoms with Crippen molar-refractivity contribution in [3.63, 3.8) is 0 Å². The van der Waals surface area contributed by atoms with Gasteiger partial charge in [0.25, 0.3) is 5.91 Å². The number of rotatable bonds is 6. The van der Waals surface area contributed by atoms with Gasteiger partial charge in [-0.25, -0.2) is 13.6 Å². The van der Waals surface area contributed by atoms with Crippen LogP contribution in [0, 0.1) is 11.7 Å². The summed E-state index contributed by atoms with van der Waals surface area (Å²) in [6, 6.07) is 6.99. The third-order valence-corrected chi connectivity index (χ3v) is 5.00. The van der Waals surface area contributed by atoms with Gasteiger partial charge < -0.3 is 5.32 Å². The maximum Gasteiger partial charge on any atom is 0.255 e. The van der Waals surface area contributed by atoms with Crippen LogP contribution >= 0.6 is 11.6 Å². The van der Waals surface area contributed by atoms with Crippen molar-refractivity contribution in [2.75, 3.05) is 15.8 Å². The van der Waals surface area contributed by atoms with Gasteiger partial charge in [-0.05, 0) is 49.1 Å². The fourth-order valence-corrected chi connectivity index (χ4v) is 3.43. The minimum Gasteiger partial charge on any atom is -0.322 e. The summed E-state index contributed by atoms with van der Waals surface area (Å²) >= 11 is 5.69. The van der Waals surface area contributed by atoms with Gasteiger partial charge in [0.2, 0.25) is 0 Å². The summed E-state index contributed by atoms with van der Waals surface area (Å²) in [7, 11) is -1.21. The topological polar surface area (TPSA) is 71.1 Å². The molecule has 1 heterocycles. The van der Waals surface area contributed by atoms with Crippen LogP contribution < -0.4 is 10.0 Å². The van der Waals surface area contributed by atoms with E-state index in [4.69, 9.17) is 11.6 Å². The lowest BCUT2D eigenvalue weighted by atomic mass is 10.2. The van der Waals surface area contributed by atoms with E-state index < -0.39 is 22.7 Å². The Labute approximate surface area is 146 Å². The van der Waals surface area contributed by atoms with Crippen LogP contribution in [0.15, 0.2) is 36.5 Å². The molecule has 2 aromatic rings. The summed E-state index contributed by atoms with van der Waals surface area (Å²) in [6.07, 6.45) is 3.69. The lowest BCUT2D eigenvalue weighted by Gasteiger charge is -2.08. The molecule has 1 aliphatic carbocycles. The second kappa shape index (κ2) is 7.27. The molecule has 0 bridgehead atoms. The maximum absolute atomic E-state index is 13.1. The quantitative estimate of drug-likeness (QED) is 0.819. The SMILES string of the molecule is O=C(Nc1ccc(F)c(Cl)c1)c1ccnc(NS(=O)CC2CC2)c1. The second-order valence-corrected chi connectivity index (χ2v) is 7.21. The van der Waals surface area contributed by atoms with Gasteiger partial charge in [0.15, 0.2) is 0 Å². The Balaban J connectivity index is 1.66. The Morgan fingerprint density at radius 1 is 1.33 bits per heavy atom. The summed E-state index contributed by atoms with van der Waals surface area (Å²) < 4.78 is 27.9. The molecule has 5 nitrogen and oxygen atoms in total. The van der Waals surface area contributed by atoms with Crippen molar-refractivity contribution in [2.45, 2.75) is 12.8 Å². The molecule has 24 heavy (non-hydrogen) atoms. The van der Waals surface area contributed by atoms with E-state index in [1.54, 1.807) is 0 Å². The van der Waals surface area contributed by atoms with Crippen LogP contribution in [0.2, 0.25) is 5.02 Å². The highest BCUT2D eigenvalue weighted by molar-refractivity contribution is 7.86. The Morgan fingerprint density at radius 2 is 2.12 bits per heavy atom. The number of nitrogens with zero attached hydrogens (tertiary/aromatic N) is 1. The van der Waals surface area contributed by atoms with Crippen molar-refractivity contribution in [1.82, 2.24) is 4.98 Å². The molecule has 1 saturated carbocycles. The monoisotopic (exact) mass is 367 g/mol. The summed E-state index contributed by atoms with van der Waals surface area (Å²) in [5.41, 5.74) is 0.728. The number of anilines is 2. The highest BCUT2D eigenvalue weighted by Crippen LogP contribution is 2.29. The highest BCUT2D eigenvalue weighted by atomic mass is 35.5. The number of aromatic nitrogens is 1. The Morgan fingerprint density at radius 3 is 2.83 bits per heavy atom. The average molecular weight is 368 g/mol. The lowest BCUT2D eigenvalue weighted by molar-refractivity contribution is 0.102. The van der Waals surface area contributed by atoms with Crippen molar-refractivity contribution in [2.24, 2.45) is 5.92 Å². The van der Waals surface area contributed by atoms with Gasteiger partial charge in [0, 0.05) is 23.2 Å². The molecule has 1 atom stereocenters. The molecular formula is C16H15ClFN3O2S. The molecule has 0 radical (unpaired) electrons. The number of pyridine rings is 1. The van der Waals surface area contributed by atoms with E-state index in [2.05, 4.69) is 15.0 Å². The van der Waals surface area contributed by atoms with Gasteiger partial charge in [0.05, 0.1) is 5.02 Å². The van der Waals surface area contributed by atoms with Gasteiger partial charge in [-0.1, -0.05) is 11.6 Å². The zero-order valence-corrected chi connectivity index (χ0v) is 14.2. The van der Waals surface area contributed by atoms with E-state index in [0.717, 1.165) is 12.8 Å². The molecule has 0 aliphatic heterocycles. The molecule has 2 N–H and O–H groups in total. The fourth-order valence-electron chi connectivity index (χ4n) is 2.06. The Hall–Kier alpha value is -1.99. The molecule has 126 valence electrons. The van der Waals surface area contributed by atoms with Crippen LogP contribution in [0.25, 0.3) is 0 Å². The molecule has 1 aliphatic rings. The minimum absolute atomic E-state index is 0.0691. The number of carbonyl (C=O) groups is 1. The second-order valence-electron chi connectivity index (χ2n) is 5.57. The van der Waals surface area contributed by atoms with Gasteiger partial charge in [-0.2, -0.15) is 0 Å². The predicted octanol–water partition coefficient (Wildman–Crippen LogP) is 3.61. The number of amides is 1. The Kier molecular flexibility index (Phi) is 5.11. The zero-order chi connectivity index (χ0) is 17.1. The summed E-state index contributed by atoms with van der Waals surface area (Å²) in [5, 5.41) is 2.56. The van der Waals surface area contributed by atoms with Crippen LogP contribution in [-0.4, -0.2) is 20.9 Å². The number of halogens is 2. The zero-order valence-electron chi connectivity index (χ0n) is 12.6. The molecule has 1 fully saturated rings. The summed E-state index contributed by atoms with van der Waals surface area (Å²) in [5.74, 6) is 0.540. The van der Waals surface area contributed by atoms with Crippen LogP contribution in [-0.2, 0) is 11.0 Å². The predicted molar refractivity (Wildman–Crippen MR) is 93.0 cm³/mol. The van der Waals surface area contributed by atoms with Crippen LogP contribution in [0.3, 0.4) is 0 Å². The van der Waals surface area contributed by atoms with Crippen molar-refractivity contribution in [3.8, 4) is 0 Å². The molecular weight excluding hydrogens is 353 g/mol. The summed E-state index contributed by atoms with van der Waals surface area (Å²) in [4.78, 5) is 16.3. The largest absolute Gasteiger partial charge is 0.322 e. The van der Waals surface area contributed by atoms with E-state index in [9.17, 15) is 13.4 Å². The number of hydrogen-bond acceptors (Lipinski definition) is 3. The smallest absolute Gasteiger partial charge is 0.255 e. The van der Waals surface area contributed by atoms with E-state index in [0.29, 0.717) is 28.7 Å². The van der Waals surface area contributed by atoms with Crippen molar-refractivity contribution in [1.29, 1.82) is 0 Å². The normalized spacial score (nSPS) is 14.9. The molecule has 3 rings (SSSR count). The third-order valence-electron chi connectivity index (χ3n) is 3.50. The van der Waals surface area contributed by atoms with Crippen LogP contribution in [0.1, 0.15) is 23.2 Å². The number of benzene rings is 1. The maximum atomic E-state index is 13.1. The third kappa shape index (κ3) is 4.52. The lowest BCUT2D eigenvalue weighted by Crippen LogP contribution is -2.14. The van der Waals surface area contributed by atoms with E-state index >= 15 is 0 Å². The first kappa shape index (κ1) is 16.9. The average Bonchev–Trinajstić information content (AvgIpc) is 3.35. The molecule has 1 aromatic carbocycles. The molecule has 8 heteroatoms. The molecule has 1 aromatic heterocycles. The standard InChI is InChI=1S/C16H15ClFN3O2S/c17-13-8-12(3-4-14(13)18)20-16(22)11-5-6-19-15(7-11)21-24(23)9-10-1-2-10/h3-8,10H,1-2,9H2,(H,19,21)(H,20,22). The van der Waals surface area contributed by atoms with Gasteiger partial charge in [0.1, 0.15) is 22.6 Å². The van der Waals surface area contributed by atoms with E-state index in [1.165, 1.54) is 36.5 Å². The van der Waals surface area contributed by atoms with Gasteiger partial charge in [-0.15, -0.1) is 0 Å². The van der Waals surface area contributed by atoms with Gasteiger partial charge in [-0.3, -0.25) is 9.52 Å². The number of hydrogen-bond donors (Lipinski definition) is 2. The fraction of sp³-hybridized carbons (Fsp3) is 0.250. The first-order valence-corrected chi connectivity index (χ1v) is 9.08. The van der Waals surface area contributed by atoms with Crippen molar-refractivity contribution in [3.05, 3.63) is 52.9 Å². The number of carbonyl (C=O) groups excluding carboxylic acids is 1. The highest BCUT2D eigenvalue weighted by Gasteiger charge is 2.24. The van der Waals surface area contributed by atoms with Crippen molar-refractivity contribution < 1.29 is 13.4 Å². The van der Waals surface area contributed by atoms with Crippen LogP contribution in [0.5, 0.6) is 0 Å². The Bertz CT molecular complexity index is 799. The minimum atomic E-state index is -1.21. The van der Waals surface area contributed by atoms with Crippen molar-refractivity contribution >= 4 is 40.0 Å². The van der Waals surface area contributed by atoms with E-state index in [1.807, 2.05) is 0 Å². The molecule has 0 saturated heterocycles. The van der Waals surface area contributed by atoms with E-state index in [-0.39, 0.29) is 5.02 Å². The van der Waals surface area contributed by atoms with Gasteiger partial charge >= 0.3 is 0 Å². The first-order valence-electron chi connectivity index (χ1n) is 7.39.